The highest BCUT2D eigenvalue weighted by atomic mass is 79.9. The van der Waals surface area contributed by atoms with E-state index in [4.69, 9.17) is 10.00 Å². The lowest BCUT2D eigenvalue weighted by atomic mass is 10.0. The van der Waals surface area contributed by atoms with Crippen molar-refractivity contribution >= 4 is 32.8 Å². The van der Waals surface area contributed by atoms with Crippen molar-refractivity contribution in [3.63, 3.8) is 0 Å². The molecule has 0 aliphatic carbocycles. The minimum absolute atomic E-state index is 0.233. The Kier molecular flexibility index (Phi) is 5.42. The fourth-order valence-corrected chi connectivity index (χ4v) is 2.77. The van der Waals surface area contributed by atoms with Crippen LogP contribution in [0.1, 0.15) is 23.2 Å². The number of hydrogen-bond donors (Lipinski definition) is 0. The van der Waals surface area contributed by atoms with E-state index in [0.29, 0.717) is 18.4 Å². The molecule has 5 heteroatoms. The van der Waals surface area contributed by atoms with Crippen molar-refractivity contribution in [3.05, 3.63) is 64.6 Å². The minimum atomic E-state index is -0.394. The second kappa shape index (κ2) is 7.91. The molecule has 0 saturated carbocycles. The number of unbranched alkanes of at least 4 members (excludes halogenated alkanes) is 1. The van der Waals surface area contributed by atoms with Crippen LogP contribution in [0.4, 0.5) is 0 Å². The maximum Gasteiger partial charge on any atom is 0.338 e. The summed E-state index contributed by atoms with van der Waals surface area (Å²) in [7, 11) is 0. The van der Waals surface area contributed by atoms with Crippen molar-refractivity contribution in [2.75, 3.05) is 6.61 Å². The highest BCUT2D eigenvalue weighted by Gasteiger charge is 2.15. The van der Waals surface area contributed by atoms with Crippen LogP contribution >= 0.6 is 15.9 Å². The van der Waals surface area contributed by atoms with Crippen molar-refractivity contribution < 1.29 is 9.53 Å². The van der Waals surface area contributed by atoms with Crippen LogP contribution in [0.25, 0.3) is 22.2 Å². The summed E-state index contributed by atoms with van der Waals surface area (Å²) in [6.07, 6.45) is 0.902. The van der Waals surface area contributed by atoms with E-state index in [1.807, 2.05) is 54.6 Å². The van der Waals surface area contributed by atoms with Crippen LogP contribution in [0.2, 0.25) is 0 Å². The molecule has 3 rings (SSSR count). The quantitative estimate of drug-likeness (QED) is 0.444. The van der Waals surface area contributed by atoms with Crippen molar-refractivity contribution in [2.24, 2.45) is 0 Å². The lowest BCUT2D eigenvalue weighted by Crippen LogP contribution is -2.08. The molecule has 0 bridgehead atoms. The second-order valence-corrected chi connectivity index (χ2v) is 6.39. The molecule has 0 amide bonds. The van der Waals surface area contributed by atoms with Gasteiger partial charge in [0, 0.05) is 21.8 Å². The van der Waals surface area contributed by atoms with Crippen molar-refractivity contribution in [3.8, 4) is 17.3 Å². The molecule has 25 heavy (non-hydrogen) atoms. The number of nitriles is 1. The van der Waals surface area contributed by atoms with Gasteiger partial charge < -0.3 is 4.74 Å². The number of aromatic nitrogens is 1. The second-order valence-electron chi connectivity index (χ2n) is 5.48. The first kappa shape index (κ1) is 17.1. The van der Waals surface area contributed by atoms with E-state index in [9.17, 15) is 4.79 Å². The van der Waals surface area contributed by atoms with E-state index in [1.165, 1.54) is 0 Å². The Morgan fingerprint density at radius 1 is 1.16 bits per heavy atom. The Hall–Kier alpha value is -2.71. The Labute approximate surface area is 154 Å². The number of pyridine rings is 1. The number of hydrogen-bond acceptors (Lipinski definition) is 4. The van der Waals surface area contributed by atoms with Crippen LogP contribution < -0.4 is 0 Å². The molecule has 4 nitrogen and oxygen atoms in total. The summed E-state index contributed by atoms with van der Waals surface area (Å²) in [4.78, 5) is 17.2. The third-order valence-corrected chi connectivity index (χ3v) is 4.27. The van der Waals surface area contributed by atoms with Crippen LogP contribution in [0, 0.1) is 11.3 Å². The number of carbonyl (C=O) groups excluding carboxylic acids is 1. The minimum Gasteiger partial charge on any atom is -0.462 e. The van der Waals surface area contributed by atoms with Gasteiger partial charge in [0.1, 0.15) is 0 Å². The molecular weight excluding hydrogens is 380 g/mol. The number of ether oxygens (including phenoxy) is 1. The summed E-state index contributed by atoms with van der Waals surface area (Å²) < 4.78 is 6.30. The van der Waals surface area contributed by atoms with Gasteiger partial charge in [0.25, 0.3) is 0 Å². The molecule has 0 aliphatic rings. The highest BCUT2D eigenvalue weighted by Crippen LogP contribution is 2.26. The van der Waals surface area contributed by atoms with Gasteiger partial charge in [-0.2, -0.15) is 5.26 Å². The van der Waals surface area contributed by atoms with Gasteiger partial charge in [-0.15, -0.1) is 0 Å². The fourth-order valence-electron chi connectivity index (χ4n) is 2.51. The largest absolute Gasteiger partial charge is 0.462 e. The Balaban J connectivity index is 1.99. The Morgan fingerprint density at radius 2 is 1.92 bits per heavy atom. The molecule has 0 saturated heterocycles. The predicted molar refractivity (Wildman–Crippen MR) is 100 cm³/mol. The summed E-state index contributed by atoms with van der Waals surface area (Å²) in [5, 5.41) is 9.33. The molecular formula is C20H15BrN2O2. The molecule has 1 heterocycles. The number of esters is 1. The first-order valence-corrected chi connectivity index (χ1v) is 8.68. The van der Waals surface area contributed by atoms with E-state index in [2.05, 4.69) is 20.9 Å². The Bertz CT molecular complexity index is 946. The van der Waals surface area contributed by atoms with Crippen LogP contribution in [0.5, 0.6) is 0 Å². The molecule has 0 spiro atoms. The maximum absolute atomic E-state index is 12.5. The number of benzene rings is 2. The monoisotopic (exact) mass is 394 g/mol. The molecule has 0 unspecified atom stereocenters. The summed E-state index contributed by atoms with van der Waals surface area (Å²) >= 11 is 3.42. The van der Waals surface area contributed by atoms with Gasteiger partial charge in [-0.05, 0) is 30.7 Å². The van der Waals surface area contributed by atoms with Crippen LogP contribution in [0.15, 0.2) is 59.1 Å². The average Bonchev–Trinajstić information content (AvgIpc) is 2.65. The van der Waals surface area contributed by atoms with E-state index in [1.54, 1.807) is 6.07 Å². The van der Waals surface area contributed by atoms with Crippen LogP contribution in [0.3, 0.4) is 0 Å². The molecule has 124 valence electrons. The lowest BCUT2D eigenvalue weighted by Gasteiger charge is -2.10. The van der Waals surface area contributed by atoms with E-state index >= 15 is 0 Å². The lowest BCUT2D eigenvalue weighted by molar-refractivity contribution is 0.0504. The molecule has 3 aromatic rings. The molecule has 0 radical (unpaired) electrons. The van der Waals surface area contributed by atoms with Gasteiger partial charge in [-0.3, -0.25) is 0 Å². The first-order chi connectivity index (χ1) is 12.2. The maximum atomic E-state index is 12.5. The third kappa shape index (κ3) is 4.04. The summed E-state index contributed by atoms with van der Waals surface area (Å²) in [6.45, 7) is 0.233. The normalized spacial score (nSPS) is 10.4. The van der Waals surface area contributed by atoms with Gasteiger partial charge in [-0.1, -0.05) is 46.3 Å². The van der Waals surface area contributed by atoms with Crippen molar-refractivity contribution in [1.82, 2.24) is 4.98 Å². The number of nitrogens with zero attached hydrogens (tertiary/aromatic N) is 2. The highest BCUT2D eigenvalue weighted by molar-refractivity contribution is 9.10. The number of carbonyl (C=O) groups is 1. The number of halogens is 1. The summed E-state index contributed by atoms with van der Waals surface area (Å²) in [5.74, 6) is -0.394. The smallest absolute Gasteiger partial charge is 0.338 e. The van der Waals surface area contributed by atoms with Gasteiger partial charge in [0.05, 0.1) is 29.5 Å². The van der Waals surface area contributed by atoms with E-state index < -0.39 is 5.97 Å². The molecule has 2 aromatic carbocycles. The van der Waals surface area contributed by atoms with Gasteiger partial charge in [0.15, 0.2) is 0 Å². The van der Waals surface area contributed by atoms with Crippen molar-refractivity contribution in [1.29, 1.82) is 5.26 Å². The SMILES string of the molecule is N#CCCCOC(=O)c1cc(-c2ccc(Br)cc2)nc2ccccc12. The molecule has 0 aliphatic heterocycles. The zero-order valence-corrected chi connectivity index (χ0v) is 15.0. The molecule has 0 fully saturated rings. The van der Waals surface area contributed by atoms with Crippen LogP contribution in [-0.2, 0) is 4.74 Å². The first-order valence-electron chi connectivity index (χ1n) is 7.89. The zero-order chi connectivity index (χ0) is 17.6. The van der Waals surface area contributed by atoms with Gasteiger partial charge in [0.2, 0.25) is 0 Å². The number of rotatable bonds is 5. The number of fused-ring (bicyclic) bond motifs is 1. The van der Waals surface area contributed by atoms with Crippen LogP contribution in [-0.4, -0.2) is 17.6 Å². The van der Waals surface area contributed by atoms with E-state index in [-0.39, 0.29) is 6.61 Å². The standard InChI is InChI=1S/C20H15BrN2O2/c21-15-9-7-14(8-10-15)19-13-17(20(24)25-12-4-3-11-22)16-5-1-2-6-18(16)23-19/h1-2,5-10,13H,3-4,12H2. The van der Waals surface area contributed by atoms with Crippen molar-refractivity contribution in [2.45, 2.75) is 12.8 Å². The predicted octanol–water partition coefficient (Wildman–Crippen LogP) is 5.12. The Morgan fingerprint density at radius 3 is 2.68 bits per heavy atom. The molecule has 1 aromatic heterocycles. The molecule has 0 N–H and O–H groups in total. The van der Waals surface area contributed by atoms with E-state index in [0.717, 1.165) is 26.6 Å². The molecule has 0 atom stereocenters. The zero-order valence-electron chi connectivity index (χ0n) is 13.4. The topological polar surface area (TPSA) is 63.0 Å². The fraction of sp³-hybridized carbons (Fsp3) is 0.150. The average molecular weight is 395 g/mol. The van der Waals surface area contributed by atoms with Gasteiger partial charge >= 0.3 is 5.97 Å². The summed E-state index contributed by atoms with van der Waals surface area (Å²) in [5.41, 5.74) is 2.87. The third-order valence-electron chi connectivity index (χ3n) is 3.74. The number of para-hydroxylation sites is 1. The van der Waals surface area contributed by atoms with Gasteiger partial charge in [-0.25, -0.2) is 9.78 Å². The summed E-state index contributed by atoms with van der Waals surface area (Å²) in [6, 6.07) is 19.1.